The van der Waals surface area contributed by atoms with Crippen LogP contribution >= 0.6 is 0 Å². The maximum atomic E-state index is 6.23. The van der Waals surface area contributed by atoms with Gasteiger partial charge in [-0.2, -0.15) is 0 Å². The third-order valence-electron chi connectivity index (χ3n) is 5.72. The van der Waals surface area contributed by atoms with Crippen molar-refractivity contribution in [1.29, 1.82) is 0 Å². The topological polar surface area (TPSA) is 38.9 Å². The highest BCUT2D eigenvalue weighted by atomic mass is 16.3. The van der Waals surface area contributed by atoms with E-state index in [9.17, 15) is 0 Å². The van der Waals surface area contributed by atoms with Crippen molar-refractivity contribution in [2.45, 2.75) is 19.3 Å². The first-order valence-electron chi connectivity index (χ1n) is 8.85. The molecule has 0 radical (unpaired) electrons. The Hall–Kier alpha value is -3.20. The largest absolute Gasteiger partial charge is 0.456 e. The lowest BCUT2D eigenvalue weighted by atomic mass is 9.80. The summed E-state index contributed by atoms with van der Waals surface area (Å²) < 4.78 is 6.23. The summed E-state index contributed by atoms with van der Waals surface area (Å²) >= 11 is 0. The van der Waals surface area contributed by atoms with E-state index in [1.165, 1.54) is 22.1 Å². The van der Waals surface area contributed by atoms with Crippen LogP contribution in [-0.4, -0.2) is 9.97 Å². The highest BCUT2D eigenvalue weighted by Crippen LogP contribution is 2.52. The molecule has 0 atom stereocenters. The molecule has 0 saturated carbocycles. The Morgan fingerprint density at radius 1 is 0.885 bits per heavy atom. The number of nitrogens with zero attached hydrogens (tertiary/aromatic N) is 2. The lowest BCUT2D eigenvalue weighted by molar-refractivity contribution is 0.656. The molecule has 3 aromatic heterocycles. The van der Waals surface area contributed by atoms with Crippen molar-refractivity contribution in [3.05, 3.63) is 72.1 Å². The van der Waals surface area contributed by atoms with Crippen LogP contribution in [0.5, 0.6) is 0 Å². The summed E-state index contributed by atoms with van der Waals surface area (Å²) in [6.07, 6.45) is 3.71. The molecule has 5 aromatic rings. The van der Waals surface area contributed by atoms with Gasteiger partial charge in [-0.05, 0) is 47.5 Å². The number of rotatable bonds is 0. The van der Waals surface area contributed by atoms with E-state index >= 15 is 0 Å². The maximum absolute atomic E-state index is 6.23. The van der Waals surface area contributed by atoms with Crippen LogP contribution in [-0.2, 0) is 5.41 Å². The summed E-state index contributed by atoms with van der Waals surface area (Å²) in [7, 11) is 0. The fraction of sp³-hybridized carbons (Fsp3) is 0.130. The second-order valence-corrected chi connectivity index (χ2v) is 7.53. The Labute approximate surface area is 150 Å². The molecule has 124 valence electrons. The van der Waals surface area contributed by atoms with Crippen molar-refractivity contribution in [3.8, 4) is 11.3 Å². The van der Waals surface area contributed by atoms with Crippen LogP contribution in [0.2, 0.25) is 0 Å². The van der Waals surface area contributed by atoms with E-state index in [-0.39, 0.29) is 5.41 Å². The quantitative estimate of drug-likeness (QED) is 0.357. The zero-order valence-corrected chi connectivity index (χ0v) is 14.6. The van der Waals surface area contributed by atoms with Gasteiger partial charge in [-0.3, -0.25) is 9.97 Å². The van der Waals surface area contributed by atoms with Gasteiger partial charge in [0.1, 0.15) is 11.2 Å². The normalized spacial score (nSPS) is 14.8. The van der Waals surface area contributed by atoms with E-state index < -0.39 is 0 Å². The minimum Gasteiger partial charge on any atom is -0.456 e. The minimum absolute atomic E-state index is 0.117. The Morgan fingerprint density at radius 3 is 2.65 bits per heavy atom. The average Bonchev–Trinajstić information content (AvgIpc) is 3.12. The van der Waals surface area contributed by atoms with Gasteiger partial charge in [-0.1, -0.05) is 26.0 Å². The first kappa shape index (κ1) is 14.0. The minimum atomic E-state index is -0.117. The third-order valence-corrected chi connectivity index (χ3v) is 5.72. The second-order valence-electron chi connectivity index (χ2n) is 7.53. The molecular formula is C23H16N2O. The molecule has 0 spiro atoms. The van der Waals surface area contributed by atoms with Gasteiger partial charge in [0.25, 0.3) is 0 Å². The fourth-order valence-electron chi connectivity index (χ4n) is 4.54. The molecule has 0 N–H and O–H groups in total. The van der Waals surface area contributed by atoms with E-state index in [4.69, 9.17) is 4.42 Å². The van der Waals surface area contributed by atoms with E-state index in [2.05, 4.69) is 60.2 Å². The Bertz CT molecular complexity index is 1360. The van der Waals surface area contributed by atoms with Gasteiger partial charge in [0.2, 0.25) is 0 Å². The second kappa shape index (κ2) is 4.50. The highest BCUT2D eigenvalue weighted by molar-refractivity contribution is 6.13. The summed E-state index contributed by atoms with van der Waals surface area (Å²) in [5.41, 5.74) is 7.59. The fourth-order valence-corrected chi connectivity index (χ4v) is 4.54. The van der Waals surface area contributed by atoms with Crippen LogP contribution in [0.15, 0.2) is 65.3 Å². The number of benzene rings is 2. The number of aromatic nitrogens is 2. The molecule has 26 heavy (non-hydrogen) atoms. The van der Waals surface area contributed by atoms with Crippen LogP contribution in [0.1, 0.15) is 25.0 Å². The van der Waals surface area contributed by atoms with Gasteiger partial charge in [0, 0.05) is 39.5 Å². The Balaban J connectivity index is 1.83. The van der Waals surface area contributed by atoms with E-state index in [1.54, 1.807) is 0 Å². The molecule has 0 aliphatic heterocycles. The number of hydrogen-bond donors (Lipinski definition) is 0. The highest BCUT2D eigenvalue weighted by Gasteiger charge is 2.38. The smallest absolute Gasteiger partial charge is 0.136 e. The SMILES string of the molecule is CC1(C)c2cccnc2-c2ccc3oc4cc5cccnc5cc4c3c21. The Kier molecular flexibility index (Phi) is 2.42. The molecule has 3 heteroatoms. The summed E-state index contributed by atoms with van der Waals surface area (Å²) in [5, 5.41) is 3.41. The van der Waals surface area contributed by atoms with Gasteiger partial charge < -0.3 is 4.42 Å². The predicted molar refractivity (Wildman–Crippen MR) is 104 cm³/mol. The van der Waals surface area contributed by atoms with E-state index in [0.29, 0.717) is 0 Å². The molecule has 6 rings (SSSR count). The Morgan fingerprint density at radius 2 is 1.73 bits per heavy atom. The molecule has 0 amide bonds. The monoisotopic (exact) mass is 336 g/mol. The van der Waals surface area contributed by atoms with Crippen molar-refractivity contribution in [2.75, 3.05) is 0 Å². The lowest BCUT2D eigenvalue weighted by Gasteiger charge is -2.21. The van der Waals surface area contributed by atoms with Gasteiger partial charge in [-0.25, -0.2) is 0 Å². The molecule has 1 aliphatic carbocycles. The summed E-state index contributed by atoms with van der Waals surface area (Å²) in [6.45, 7) is 4.55. The molecule has 0 unspecified atom stereocenters. The number of hydrogen-bond acceptors (Lipinski definition) is 3. The molecule has 0 bridgehead atoms. The number of fused-ring (bicyclic) bond motifs is 8. The van der Waals surface area contributed by atoms with Crippen molar-refractivity contribution >= 4 is 32.8 Å². The number of pyridine rings is 2. The molecule has 0 fully saturated rings. The van der Waals surface area contributed by atoms with Gasteiger partial charge in [0.05, 0.1) is 11.2 Å². The van der Waals surface area contributed by atoms with Crippen molar-refractivity contribution in [1.82, 2.24) is 9.97 Å². The van der Waals surface area contributed by atoms with Crippen LogP contribution in [0, 0.1) is 0 Å². The van der Waals surface area contributed by atoms with Crippen molar-refractivity contribution < 1.29 is 4.42 Å². The molecular weight excluding hydrogens is 320 g/mol. The molecule has 0 saturated heterocycles. The van der Waals surface area contributed by atoms with Crippen LogP contribution in [0.3, 0.4) is 0 Å². The van der Waals surface area contributed by atoms with Crippen molar-refractivity contribution in [2.24, 2.45) is 0 Å². The van der Waals surface area contributed by atoms with Crippen LogP contribution in [0.4, 0.5) is 0 Å². The van der Waals surface area contributed by atoms with Crippen LogP contribution < -0.4 is 0 Å². The lowest BCUT2D eigenvalue weighted by Crippen LogP contribution is -2.15. The number of furan rings is 1. The summed E-state index contributed by atoms with van der Waals surface area (Å²) in [5.74, 6) is 0. The van der Waals surface area contributed by atoms with Gasteiger partial charge >= 0.3 is 0 Å². The van der Waals surface area contributed by atoms with Crippen molar-refractivity contribution in [3.63, 3.8) is 0 Å². The standard InChI is InChI=1S/C23H16N2O/c1-23(2)16-6-4-10-25-22(16)14-7-8-18-20(21(14)23)15-12-17-13(5-3-9-24-17)11-19(15)26-18/h3-12H,1-2H3. The van der Waals surface area contributed by atoms with Gasteiger partial charge in [-0.15, -0.1) is 0 Å². The predicted octanol–water partition coefficient (Wildman–Crippen LogP) is 5.84. The first-order valence-corrected chi connectivity index (χ1v) is 8.85. The zero-order valence-electron chi connectivity index (χ0n) is 14.6. The third kappa shape index (κ3) is 1.58. The van der Waals surface area contributed by atoms with E-state index in [0.717, 1.165) is 33.1 Å². The average molecular weight is 336 g/mol. The van der Waals surface area contributed by atoms with Crippen LogP contribution in [0.25, 0.3) is 44.1 Å². The molecule has 3 heterocycles. The molecule has 3 nitrogen and oxygen atoms in total. The van der Waals surface area contributed by atoms with Gasteiger partial charge in [0.15, 0.2) is 0 Å². The van der Waals surface area contributed by atoms with E-state index in [1.807, 2.05) is 24.5 Å². The zero-order chi connectivity index (χ0) is 17.5. The summed E-state index contributed by atoms with van der Waals surface area (Å²) in [4.78, 5) is 9.21. The first-order chi connectivity index (χ1) is 12.6. The summed E-state index contributed by atoms with van der Waals surface area (Å²) in [6, 6.07) is 16.7. The maximum Gasteiger partial charge on any atom is 0.136 e. The molecule has 1 aliphatic rings. The molecule has 2 aromatic carbocycles.